The summed E-state index contributed by atoms with van der Waals surface area (Å²) in [5, 5.41) is 0. The number of ether oxygens (including phenoxy) is 1. The Morgan fingerprint density at radius 2 is 2.08 bits per heavy atom. The fraction of sp³-hybridized carbons (Fsp3) is 0.636. The predicted molar refractivity (Wildman–Crippen MR) is 52.2 cm³/mol. The summed E-state index contributed by atoms with van der Waals surface area (Å²) in [4.78, 5) is 0. The van der Waals surface area contributed by atoms with Crippen LogP contribution in [0.3, 0.4) is 0 Å². The van der Waals surface area contributed by atoms with Crippen LogP contribution in [0.5, 0.6) is 0 Å². The van der Waals surface area contributed by atoms with Gasteiger partial charge in [-0.15, -0.1) is 0 Å². The van der Waals surface area contributed by atoms with Crippen molar-refractivity contribution < 1.29 is 4.74 Å². The van der Waals surface area contributed by atoms with Crippen LogP contribution in [-0.4, -0.2) is 12.7 Å². The standard InChI is InChI=1S/C11H18O/c1-9(2)5-4-6-10(3)7-11-8-12-11/h5,7,11H,4,6,8H2,1-3H3/b10-7-. The van der Waals surface area contributed by atoms with Gasteiger partial charge in [-0.05, 0) is 33.6 Å². The molecule has 1 aliphatic rings. The molecule has 1 heteroatoms. The molecule has 12 heavy (non-hydrogen) atoms. The molecule has 0 amide bonds. The van der Waals surface area contributed by atoms with E-state index in [9.17, 15) is 0 Å². The summed E-state index contributed by atoms with van der Waals surface area (Å²) >= 11 is 0. The third-order valence-electron chi connectivity index (χ3n) is 1.92. The molecule has 1 saturated heterocycles. The van der Waals surface area contributed by atoms with Gasteiger partial charge in [-0.25, -0.2) is 0 Å². The van der Waals surface area contributed by atoms with Gasteiger partial charge in [0.25, 0.3) is 0 Å². The molecule has 0 radical (unpaired) electrons. The lowest BCUT2D eigenvalue weighted by Gasteiger charge is -1.96. The lowest BCUT2D eigenvalue weighted by Crippen LogP contribution is -1.82. The molecule has 1 rings (SSSR count). The maximum atomic E-state index is 5.11. The van der Waals surface area contributed by atoms with Gasteiger partial charge in [-0.2, -0.15) is 0 Å². The average Bonchev–Trinajstić information content (AvgIpc) is 2.70. The molecule has 1 nitrogen and oxygen atoms in total. The van der Waals surface area contributed by atoms with Gasteiger partial charge in [0.1, 0.15) is 0 Å². The molecule has 1 fully saturated rings. The van der Waals surface area contributed by atoms with Crippen LogP contribution in [0.1, 0.15) is 33.6 Å². The Labute approximate surface area is 75.1 Å². The SMILES string of the molecule is CC(C)=CCC/C(C)=C\C1CO1. The van der Waals surface area contributed by atoms with E-state index in [2.05, 4.69) is 32.9 Å². The molecule has 68 valence electrons. The zero-order valence-electron chi connectivity index (χ0n) is 8.26. The highest BCUT2D eigenvalue weighted by molar-refractivity contribution is 5.07. The second kappa shape index (κ2) is 4.46. The first-order valence-corrected chi connectivity index (χ1v) is 4.61. The Balaban J connectivity index is 2.17. The quantitative estimate of drug-likeness (QED) is 0.462. The van der Waals surface area contributed by atoms with E-state index < -0.39 is 0 Å². The van der Waals surface area contributed by atoms with E-state index in [1.54, 1.807) is 0 Å². The minimum absolute atomic E-state index is 0.441. The zero-order chi connectivity index (χ0) is 8.97. The van der Waals surface area contributed by atoms with Crippen molar-refractivity contribution in [2.75, 3.05) is 6.61 Å². The van der Waals surface area contributed by atoms with Crippen molar-refractivity contribution in [1.29, 1.82) is 0 Å². The number of allylic oxidation sites excluding steroid dienone is 3. The summed E-state index contributed by atoms with van der Waals surface area (Å²) < 4.78 is 5.11. The molecule has 0 N–H and O–H groups in total. The van der Waals surface area contributed by atoms with E-state index in [0.717, 1.165) is 13.0 Å². The normalized spacial score (nSPS) is 22.2. The average molecular weight is 166 g/mol. The number of hydrogen-bond donors (Lipinski definition) is 0. The monoisotopic (exact) mass is 166 g/mol. The van der Waals surface area contributed by atoms with Crippen molar-refractivity contribution in [3.05, 3.63) is 23.3 Å². The number of epoxide rings is 1. The molecule has 0 bridgehead atoms. The second-order valence-corrected chi connectivity index (χ2v) is 3.70. The lowest BCUT2D eigenvalue weighted by molar-refractivity contribution is 0.439. The molecule has 0 aromatic heterocycles. The van der Waals surface area contributed by atoms with Gasteiger partial charge in [0.2, 0.25) is 0 Å². The van der Waals surface area contributed by atoms with E-state index in [0.29, 0.717) is 6.10 Å². The van der Waals surface area contributed by atoms with Gasteiger partial charge in [-0.1, -0.05) is 23.3 Å². The van der Waals surface area contributed by atoms with Gasteiger partial charge in [-0.3, -0.25) is 0 Å². The topological polar surface area (TPSA) is 12.5 Å². The van der Waals surface area contributed by atoms with E-state index in [-0.39, 0.29) is 0 Å². The summed E-state index contributed by atoms with van der Waals surface area (Å²) in [5.74, 6) is 0. The van der Waals surface area contributed by atoms with Crippen molar-refractivity contribution in [2.45, 2.75) is 39.7 Å². The molecule has 0 aliphatic carbocycles. The van der Waals surface area contributed by atoms with E-state index >= 15 is 0 Å². The third-order valence-corrected chi connectivity index (χ3v) is 1.92. The highest BCUT2D eigenvalue weighted by Crippen LogP contribution is 2.15. The van der Waals surface area contributed by atoms with Crippen molar-refractivity contribution in [3.63, 3.8) is 0 Å². The van der Waals surface area contributed by atoms with Crippen LogP contribution < -0.4 is 0 Å². The summed E-state index contributed by atoms with van der Waals surface area (Å²) in [6.07, 6.45) is 7.29. The van der Waals surface area contributed by atoms with Crippen molar-refractivity contribution >= 4 is 0 Å². The van der Waals surface area contributed by atoms with Crippen LogP contribution in [0.15, 0.2) is 23.3 Å². The maximum absolute atomic E-state index is 5.11. The van der Waals surface area contributed by atoms with Crippen LogP contribution >= 0.6 is 0 Å². The highest BCUT2D eigenvalue weighted by Gasteiger charge is 2.18. The number of rotatable bonds is 4. The van der Waals surface area contributed by atoms with Crippen LogP contribution in [-0.2, 0) is 4.74 Å². The van der Waals surface area contributed by atoms with Gasteiger partial charge in [0, 0.05) is 0 Å². The first-order chi connectivity index (χ1) is 5.68. The first-order valence-electron chi connectivity index (χ1n) is 4.61. The number of hydrogen-bond acceptors (Lipinski definition) is 1. The first kappa shape index (κ1) is 9.53. The smallest absolute Gasteiger partial charge is 0.0993 e. The lowest BCUT2D eigenvalue weighted by atomic mass is 10.1. The Morgan fingerprint density at radius 1 is 1.42 bits per heavy atom. The molecule has 0 aromatic rings. The maximum Gasteiger partial charge on any atom is 0.0993 e. The molecule has 0 saturated carbocycles. The van der Waals surface area contributed by atoms with Crippen LogP contribution in [0.25, 0.3) is 0 Å². The molecule has 1 atom stereocenters. The molecule has 1 unspecified atom stereocenters. The molecule has 0 aromatic carbocycles. The van der Waals surface area contributed by atoms with Gasteiger partial charge in [0.05, 0.1) is 12.7 Å². The minimum atomic E-state index is 0.441. The van der Waals surface area contributed by atoms with Crippen molar-refractivity contribution in [3.8, 4) is 0 Å². The Kier molecular flexibility index (Phi) is 3.54. The van der Waals surface area contributed by atoms with Crippen molar-refractivity contribution in [1.82, 2.24) is 0 Å². The van der Waals surface area contributed by atoms with E-state index in [1.165, 1.54) is 17.6 Å². The van der Waals surface area contributed by atoms with Crippen molar-refractivity contribution in [2.24, 2.45) is 0 Å². The fourth-order valence-electron chi connectivity index (χ4n) is 1.14. The molecular weight excluding hydrogens is 148 g/mol. The van der Waals surface area contributed by atoms with Gasteiger partial charge in [0.15, 0.2) is 0 Å². The Bertz CT molecular complexity index is 193. The molecular formula is C11H18O. The van der Waals surface area contributed by atoms with E-state index in [4.69, 9.17) is 4.74 Å². The fourth-order valence-corrected chi connectivity index (χ4v) is 1.14. The van der Waals surface area contributed by atoms with Crippen LogP contribution in [0.2, 0.25) is 0 Å². The molecule has 1 aliphatic heterocycles. The summed E-state index contributed by atoms with van der Waals surface area (Å²) in [7, 11) is 0. The minimum Gasteiger partial charge on any atom is -0.369 e. The largest absolute Gasteiger partial charge is 0.369 e. The molecule has 0 spiro atoms. The highest BCUT2D eigenvalue weighted by atomic mass is 16.6. The van der Waals surface area contributed by atoms with Gasteiger partial charge < -0.3 is 4.74 Å². The van der Waals surface area contributed by atoms with Crippen LogP contribution in [0.4, 0.5) is 0 Å². The van der Waals surface area contributed by atoms with Crippen LogP contribution in [0, 0.1) is 0 Å². The summed E-state index contributed by atoms with van der Waals surface area (Å²) in [5.41, 5.74) is 2.86. The predicted octanol–water partition coefficient (Wildman–Crippen LogP) is 3.08. The van der Waals surface area contributed by atoms with Gasteiger partial charge >= 0.3 is 0 Å². The Morgan fingerprint density at radius 3 is 2.58 bits per heavy atom. The van der Waals surface area contributed by atoms with E-state index in [1.807, 2.05) is 0 Å². The third kappa shape index (κ3) is 4.35. The summed E-state index contributed by atoms with van der Waals surface area (Å²) in [6, 6.07) is 0. The Hall–Kier alpha value is -0.560. The molecule has 1 heterocycles. The summed E-state index contributed by atoms with van der Waals surface area (Å²) in [6.45, 7) is 7.40. The zero-order valence-corrected chi connectivity index (χ0v) is 8.26. The second-order valence-electron chi connectivity index (χ2n) is 3.70.